The van der Waals surface area contributed by atoms with Crippen molar-refractivity contribution in [2.24, 2.45) is 9.98 Å². The summed E-state index contributed by atoms with van der Waals surface area (Å²) in [6.45, 7) is 1.33. The third-order valence-electron chi connectivity index (χ3n) is 9.55. The van der Waals surface area contributed by atoms with Crippen molar-refractivity contribution in [3.8, 4) is 34.5 Å². The van der Waals surface area contributed by atoms with Gasteiger partial charge in [-0.05, 0) is 68.8 Å². The van der Waals surface area contributed by atoms with E-state index < -0.39 is 0 Å². The molecule has 272 valence electrons. The number of aromatic hydroxyl groups is 4. The van der Waals surface area contributed by atoms with Crippen LogP contribution in [0.25, 0.3) is 0 Å². The van der Waals surface area contributed by atoms with Gasteiger partial charge in [-0.15, -0.1) is 0 Å². The van der Waals surface area contributed by atoms with Crippen molar-refractivity contribution in [1.29, 1.82) is 0 Å². The molecular weight excluding hydrogens is 677 g/mol. The van der Waals surface area contributed by atoms with Crippen molar-refractivity contribution < 1.29 is 29.9 Å². The second-order valence-electron chi connectivity index (χ2n) is 13.3. The van der Waals surface area contributed by atoms with Crippen LogP contribution in [0.15, 0.2) is 131 Å². The van der Waals surface area contributed by atoms with Crippen LogP contribution in [0.1, 0.15) is 55.6 Å². The van der Waals surface area contributed by atoms with E-state index in [9.17, 15) is 20.4 Å². The minimum atomic E-state index is 0.168. The van der Waals surface area contributed by atoms with E-state index in [-0.39, 0.29) is 23.0 Å². The van der Waals surface area contributed by atoms with Crippen molar-refractivity contribution in [3.63, 3.8) is 0 Å². The molecule has 0 aliphatic heterocycles. The maximum Gasteiger partial charge on any atom is 0.126 e. The van der Waals surface area contributed by atoms with Gasteiger partial charge >= 0.3 is 0 Å². The molecule has 0 saturated carbocycles. The normalized spacial score (nSPS) is 12.6. The molecule has 6 aromatic rings. The molecule has 0 fully saturated rings. The SMILES string of the molecule is Oc1ccccc1C=NCCOc1c2cccc1Cc1cccc(c1O)Cc1cccc(c1OCCN=Cc1ccccc1O)Cc1cccc(c1O)C2. The minimum absolute atomic E-state index is 0.168. The highest BCUT2D eigenvalue weighted by molar-refractivity contribution is 5.83. The summed E-state index contributed by atoms with van der Waals surface area (Å²) in [5.74, 6) is 2.17. The van der Waals surface area contributed by atoms with Gasteiger partial charge in [0.25, 0.3) is 0 Å². The first kappa shape index (κ1) is 35.8. The second kappa shape index (κ2) is 16.9. The molecule has 0 saturated heterocycles. The Bertz CT molecular complexity index is 2070. The van der Waals surface area contributed by atoms with Crippen LogP contribution in [0.3, 0.4) is 0 Å². The van der Waals surface area contributed by atoms with E-state index in [1.54, 1.807) is 48.8 Å². The molecule has 0 unspecified atom stereocenters. The predicted molar refractivity (Wildman–Crippen MR) is 212 cm³/mol. The van der Waals surface area contributed by atoms with Crippen molar-refractivity contribution in [1.82, 2.24) is 0 Å². The lowest BCUT2D eigenvalue weighted by molar-refractivity contribution is 0.322. The fourth-order valence-electron chi connectivity index (χ4n) is 6.80. The largest absolute Gasteiger partial charge is 0.507 e. The fourth-order valence-corrected chi connectivity index (χ4v) is 6.80. The molecule has 0 aromatic heterocycles. The van der Waals surface area contributed by atoms with Gasteiger partial charge in [0.05, 0.1) is 13.1 Å². The van der Waals surface area contributed by atoms with Crippen molar-refractivity contribution in [2.45, 2.75) is 25.7 Å². The van der Waals surface area contributed by atoms with E-state index in [4.69, 9.17) is 9.47 Å². The van der Waals surface area contributed by atoms with Crippen molar-refractivity contribution in [2.75, 3.05) is 26.3 Å². The molecule has 54 heavy (non-hydrogen) atoms. The highest BCUT2D eigenvalue weighted by Gasteiger charge is 2.20. The molecule has 8 nitrogen and oxygen atoms in total. The number of hydrogen-bond acceptors (Lipinski definition) is 8. The Hall–Kier alpha value is -6.54. The summed E-state index contributed by atoms with van der Waals surface area (Å²) < 4.78 is 12.9. The monoisotopic (exact) mass is 718 g/mol. The molecule has 0 heterocycles. The van der Waals surface area contributed by atoms with E-state index in [0.717, 1.165) is 44.5 Å². The third-order valence-corrected chi connectivity index (χ3v) is 9.55. The molecule has 0 atom stereocenters. The zero-order valence-electron chi connectivity index (χ0n) is 29.9. The maximum absolute atomic E-state index is 11.7. The number of phenols is 4. The zero-order chi connectivity index (χ0) is 37.3. The molecule has 0 spiro atoms. The first-order valence-electron chi connectivity index (χ1n) is 18.1. The summed E-state index contributed by atoms with van der Waals surface area (Å²) in [6.07, 6.45) is 4.98. The van der Waals surface area contributed by atoms with Gasteiger partial charge in [-0.25, -0.2) is 0 Å². The Balaban J connectivity index is 1.20. The minimum Gasteiger partial charge on any atom is -0.507 e. The van der Waals surface area contributed by atoms with Gasteiger partial charge in [0.2, 0.25) is 0 Å². The van der Waals surface area contributed by atoms with Crippen LogP contribution in [0.5, 0.6) is 34.5 Å². The van der Waals surface area contributed by atoms with Gasteiger partial charge in [-0.3, -0.25) is 9.98 Å². The predicted octanol–water partition coefficient (Wildman–Crippen LogP) is 8.18. The van der Waals surface area contributed by atoms with E-state index in [1.165, 1.54) is 0 Å². The average molecular weight is 719 g/mol. The van der Waals surface area contributed by atoms with E-state index in [0.29, 0.717) is 74.6 Å². The number of aliphatic imine (C=N–C) groups is 2. The molecule has 7 rings (SSSR count). The van der Waals surface area contributed by atoms with E-state index in [1.807, 2.05) is 84.9 Å². The van der Waals surface area contributed by atoms with Crippen LogP contribution in [-0.2, 0) is 25.7 Å². The van der Waals surface area contributed by atoms with Gasteiger partial charge in [-0.2, -0.15) is 0 Å². The Morgan fingerprint density at radius 1 is 0.407 bits per heavy atom. The van der Waals surface area contributed by atoms with Crippen molar-refractivity contribution in [3.05, 3.63) is 177 Å². The standard InChI is InChI=1S/C46H42N2O6/c49-41-19-3-1-9-39(41)29-47-21-23-53-45-35-15-7-16-36(45)26-32-12-6-14-34(44(32)52)28-38-18-8-17-37(27-33-13-5-11-31(25-35)43(33)51)46(38)54-24-22-48-30-40-10-2-4-20-42(40)50/h1-20,29-30,49-52H,21-28H2. The van der Waals surface area contributed by atoms with Gasteiger partial charge in [0.1, 0.15) is 47.7 Å². The lowest BCUT2D eigenvalue weighted by Gasteiger charge is -2.20. The molecule has 0 amide bonds. The summed E-state index contributed by atoms with van der Waals surface area (Å²) in [5.41, 5.74) is 7.95. The molecule has 6 aromatic carbocycles. The number of ether oxygens (including phenoxy) is 2. The summed E-state index contributed by atoms with van der Waals surface area (Å²) >= 11 is 0. The molecule has 1 aliphatic rings. The van der Waals surface area contributed by atoms with Gasteiger partial charge in [0, 0.05) is 49.2 Å². The second-order valence-corrected chi connectivity index (χ2v) is 13.3. The molecule has 8 heteroatoms. The summed E-state index contributed by atoms with van der Waals surface area (Å²) in [5, 5.41) is 43.6. The Kier molecular flexibility index (Phi) is 11.2. The fraction of sp³-hybridized carbons (Fsp3) is 0.174. The molecule has 4 N–H and O–H groups in total. The Morgan fingerprint density at radius 3 is 1.06 bits per heavy atom. The van der Waals surface area contributed by atoms with Crippen LogP contribution >= 0.6 is 0 Å². The van der Waals surface area contributed by atoms with Crippen molar-refractivity contribution >= 4 is 12.4 Å². The van der Waals surface area contributed by atoms with Crippen LogP contribution in [0.2, 0.25) is 0 Å². The van der Waals surface area contributed by atoms with Gasteiger partial charge in [-0.1, -0.05) is 97.1 Å². The number of phenolic OH excluding ortho intramolecular Hbond substituents is 4. The Labute approximate surface area is 315 Å². The maximum atomic E-state index is 11.7. The molecule has 1 aliphatic carbocycles. The Morgan fingerprint density at radius 2 is 0.722 bits per heavy atom. The van der Waals surface area contributed by atoms with Crippen LogP contribution in [0, 0.1) is 0 Å². The van der Waals surface area contributed by atoms with Crippen LogP contribution < -0.4 is 9.47 Å². The molecule has 0 radical (unpaired) electrons. The van der Waals surface area contributed by atoms with Crippen LogP contribution in [-0.4, -0.2) is 59.2 Å². The first-order valence-corrected chi connectivity index (χ1v) is 18.1. The lowest BCUT2D eigenvalue weighted by Crippen LogP contribution is -2.09. The zero-order valence-corrected chi connectivity index (χ0v) is 29.9. The highest BCUT2D eigenvalue weighted by atomic mass is 16.5. The smallest absolute Gasteiger partial charge is 0.126 e. The number of hydrogen-bond donors (Lipinski definition) is 4. The topological polar surface area (TPSA) is 124 Å². The summed E-state index contributed by atoms with van der Waals surface area (Å²) in [6, 6.07) is 37.7. The van der Waals surface area contributed by atoms with Gasteiger partial charge in [0.15, 0.2) is 0 Å². The van der Waals surface area contributed by atoms with Crippen LogP contribution in [0.4, 0.5) is 0 Å². The first-order chi connectivity index (χ1) is 26.4. The number of para-hydroxylation sites is 6. The quantitative estimate of drug-likeness (QED) is 0.0836. The molecule has 8 bridgehead atoms. The number of rotatable bonds is 10. The average Bonchev–Trinajstić information content (AvgIpc) is 3.17. The van der Waals surface area contributed by atoms with E-state index in [2.05, 4.69) is 9.98 Å². The number of benzene rings is 6. The summed E-state index contributed by atoms with van der Waals surface area (Å²) in [7, 11) is 0. The number of fused-ring (bicyclic) bond motifs is 8. The number of nitrogens with zero attached hydrogens (tertiary/aromatic N) is 2. The summed E-state index contributed by atoms with van der Waals surface area (Å²) in [4.78, 5) is 8.96. The van der Waals surface area contributed by atoms with Gasteiger partial charge < -0.3 is 29.9 Å². The van der Waals surface area contributed by atoms with E-state index >= 15 is 0 Å². The molecular formula is C46H42N2O6. The third kappa shape index (κ3) is 8.40. The highest BCUT2D eigenvalue weighted by Crippen LogP contribution is 2.38. The lowest BCUT2D eigenvalue weighted by atomic mass is 9.91.